The zero-order chi connectivity index (χ0) is 17.2. The molecule has 0 aliphatic carbocycles. The molecular formula is C20H17N5. The Morgan fingerprint density at radius 1 is 0.800 bits per heavy atom. The van der Waals surface area contributed by atoms with E-state index in [1.54, 1.807) is 6.33 Å². The summed E-state index contributed by atoms with van der Waals surface area (Å²) in [6, 6.07) is 12.3. The van der Waals surface area contributed by atoms with Gasteiger partial charge in [0.15, 0.2) is 0 Å². The molecule has 5 nitrogen and oxygen atoms in total. The number of hydrogen-bond acceptors (Lipinski definition) is 5. The van der Waals surface area contributed by atoms with E-state index in [2.05, 4.69) is 50.4 Å². The molecule has 0 fully saturated rings. The SMILES string of the molecule is Cc1cc(Nc2cc3cc(-c4cnccc4C)ccc3cn2)ncn1. The maximum absolute atomic E-state index is 4.47. The second kappa shape index (κ2) is 6.28. The van der Waals surface area contributed by atoms with Crippen molar-refractivity contribution in [2.75, 3.05) is 5.32 Å². The van der Waals surface area contributed by atoms with Gasteiger partial charge in [-0.05, 0) is 48.6 Å². The van der Waals surface area contributed by atoms with E-state index < -0.39 is 0 Å². The predicted octanol–water partition coefficient (Wildman–Crippen LogP) is 4.45. The smallest absolute Gasteiger partial charge is 0.135 e. The maximum atomic E-state index is 4.47. The van der Waals surface area contributed by atoms with E-state index in [0.717, 1.165) is 39.2 Å². The molecule has 5 heteroatoms. The number of hydrogen-bond donors (Lipinski definition) is 1. The standard InChI is InChI=1S/C20H17N5/c1-13-5-6-21-11-18(13)15-3-4-16-10-22-20(9-17(16)8-15)25-19-7-14(2)23-12-24-19/h3-12H,1-2H3,(H,22,23,24,25). The van der Waals surface area contributed by atoms with Gasteiger partial charge < -0.3 is 5.32 Å². The van der Waals surface area contributed by atoms with Gasteiger partial charge in [-0.3, -0.25) is 4.98 Å². The summed E-state index contributed by atoms with van der Waals surface area (Å²) in [5.74, 6) is 1.49. The summed E-state index contributed by atoms with van der Waals surface area (Å²) in [7, 11) is 0. The van der Waals surface area contributed by atoms with Crippen LogP contribution in [-0.4, -0.2) is 19.9 Å². The lowest BCUT2D eigenvalue weighted by Crippen LogP contribution is -1.97. The lowest BCUT2D eigenvalue weighted by molar-refractivity contribution is 1.10. The van der Waals surface area contributed by atoms with Crippen molar-refractivity contribution in [1.82, 2.24) is 19.9 Å². The van der Waals surface area contributed by atoms with E-state index in [9.17, 15) is 0 Å². The van der Waals surface area contributed by atoms with Crippen LogP contribution in [0.4, 0.5) is 11.6 Å². The Morgan fingerprint density at radius 2 is 1.68 bits per heavy atom. The second-order valence-electron chi connectivity index (χ2n) is 5.99. The lowest BCUT2D eigenvalue weighted by Gasteiger charge is -2.09. The van der Waals surface area contributed by atoms with Gasteiger partial charge in [-0.25, -0.2) is 15.0 Å². The fourth-order valence-corrected chi connectivity index (χ4v) is 2.80. The van der Waals surface area contributed by atoms with Gasteiger partial charge in [-0.2, -0.15) is 0 Å². The van der Waals surface area contributed by atoms with Crippen molar-refractivity contribution in [1.29, 1.82) is 0 Å². The Balaban J connectivity index is 1.73. The monoisotopic (exact) mass is 327 g/mol. The van der Waals surface area contributed by atoms with E-state index in [1.165, 1.54) is 5.56 Å². The van der Waals surface area contributed by atoms with Gasteiger partial charge in [0.1, 0.15) is 18.0 Å². The van der Waals surface area contributed by atoms with Crippen LogP contribution in [0.1, 0.15) is 11.3 Å². The fourth-order valence-electron chi connectivity index (χ4n) is 2.80. The lowest BCUT2D eigenvalue weighted by atomic mass is 10.0. The number of nitrogens with zero attached hydrogens (tertiary/aromatic N) is 4. The highest BCUT2D eigenvalue weighted by Gasteiger charge is 2.05. The van der Waals surface area contributed by atoms with Crippen LogP contribution in [0.25, 0.3) is 21.9 Å². The molecule has 0 aliphatic rings. The van der Waals surface area contributed by atoms with Crippen LogP contribution in [0.15, 0.2) is 61.3 Å². The van der Waals surface area contributed by atoms with Gasteiger partial charge in [-0.15, -0.1) is 0 Å². The van der Waals surface area contributed by atoms with Crippen molar-refractivity contribution in [3.63, 3.8) is 0 Å². The molecule has 0 saturated carbocycles. The molecule has 4 aromatic rings. The summed E-state index contributed by atoms with van der Waals surface area (Å²) in [5, 5.41) is 5.44. The number of rotatable bonds is 3. The van der Waals surface area contributed by atoms with Gasteiger partial charge in [0, 0.05) is 41.3 Å². The number of anilines is 2. The minimum absolute atomic E-state index is 0.735. The molecule has 122 valence electrons. The Labute approximate surface area is 145 Å². The number of fused-ring (bicyclic) bond motifs is 1. The minimum atomic E-state index is 0.735. The normalized spacial score (nSPS) is 10.8. The molecule has 4 rings (SSSR count). The number of aromatic nitrogens is 4. The predicted molar refractivity (Wildman–Crippen MR) is 99.8 cm³/mol. The molecule has 0 bridgehead atoms. The average molecular weight is 327 g/mol. The van der Waals surface area contributed by atoms with Crippen LogP contribution in [0.3, 0.4) is 0 Å². The third-order valence-electron chi connectivity index (χ3n) is 4.13. The third kappa shape index (κ3) is 3.17. The Bertz CT molecular complexity index is 1060. The van der Waals surface area contributed by atoms with Gasteiger partial charge in [0.25, 0.3) is 0 Å². The molecule has 0 atom stereocenters. The zero-order valence-electron chi connectivity index (χ0n) is 14.1. The first-order valence-electron chi connectivity index (χ1n) is 8.05. The highest BCUT2D eigenvalue weighted by atomic mass is 15.1. The quantitative estimate of drug-likeness (QED) is 0.602. The van der Waals surface area contributed by atoms with Crippen LogP contribution in [0.5, 0.6) is 0 Å². The first kappa shape index (κ1) is 15.2. The molecule has 3 heterocycles. The minimum Gasteiger partial charge on any atom is -0.325 e. The zero-order valence-corrected chi connectivity index (χ0v) is 14.1. The summed E-state index contributed by atoms with van der Waals surface area (Å²) in [5.41, 5.74) is 4.40. The van der Waals surface area contributed by atoms with Crippen molar-refractivity contribution < 1.29 is 0 Å². The average Bonchev–Trinajstić information content (AvgIpc) is 2.61. The molecule has 0 aliphatic heterocycles. The first-order valence-corrected chi connectivity index (χ1v) is 8.05. The highest BCUT2D eigenvalue weighted by molar-refractivity contribution is 5.89. The van der Waals surface area contributed by atoms with E-state index in [4.69, 9.17) is 0 Å². The molecule has 1 N–H and O–H groups in total. The van der Waals surface area contributed by atoms with Crippen molar-refractivity contribution in [2.45, 2.75) is 13.8 Å². The van der Waals surface area contributed by atoms with Crippen LogP contribution in [0, 0.1) is 13.8 Å². The van der Waals surface area contributed by atoms with Crippen LogP contribution in [-0.2, 0) is 0 Å². The number of pyridine rings is 2. The van der Waals surface area contributed by atoms with E-state index >= 15 is 0 Å². The maximum Gasteiger partial charge on any atom is 0.135 e. The second-order valence-corrected chi connectivity index (χ2v) is 5.99. The highest BCUT2D eigenvalue weighted by Crippen LogP contribution is 2.27. The summed E-state index contributed by atoms with van der Waals surface area (Å²) in [4.78, 5) is 17.0. The molecule has 0 spiro atoms. The Morgan fingerprint density at radius 3 is 2.52 bits per heavy atom. The van der Waals surface area contributed by atoms with Crippen molar-refractivity contribution in [3.05, 3.63) is 72.6 Å². The molecule has 3 aromatic heterocycles. The fraction of sp³-hybridized carbons (Fsp3) is 0.100. The first-order chi connectivity index (χ1) is 12.2. The van der Waals surface area contributed by atoms with E-state index in [1.807, 2.05) is 43.7 Å². The molecule has 25 heavy (non-hydrogen) atoms. The van der Waals surface area contributed by atoms with Crippen LogP contribution in [0.2, 0.25) is 0 Å². The Kier molecular flexibility index (Phi) is 3.82. The molecule has 1 aromatic carbocycles. The third-order valence-corrected chi connectivity index (χ3v) is 4.13. The van der Waals surface area contributed by atoms with Gasteiger partial charge in [0.05, 0.1) is 0 Å². The molecule has 0 radical (unpaired) electrons. The summed E-state index contributed by atoms with van der Waals surface area (Å²) < 4.78 is 0. The number of nitrogens with one attached hydrogen (secondary N) is 1. The summed E-state index contributed by atoms with van der Waals surface area (Å²) in [6.07, 6.45) is 7.13. The van der Waals surface area contributed by atoms with Crippen LogP contribution < -0.4 is 5.32 Å². The number of benzene rings is 1. The van der Waals surface area contributed by atoms with Gasteiger partial charge >= 0.3 is 0 Å². The summed E-state index contributed by atoms with van der Waals surface area (Å²) in [6.45, 7) is 4.03. The Hall–Kier alpha value is -3.34. The van der Waals surface area contributed by atoms with E-state index in [-0.39, 0.29) is 0 Å². The van der Waals surface area contributed by atoms with Crippen molar-refractivity contribution in [3.8, 4) is 11.1 Å². The molecular weight excluding hydrogens is 310 g/mol. The van der Waals surface area contributed by atoms with Crippen LogP contribution >= 0.6 is 0 Å². The molecule has 0 unspecified atom stereocenters. The van der Waals surface area contributed by atoms with Gasteiger partial charge in [-0.1, -0.05) is 12.1 Å². The topological polar surface area (TPSA) is 63.6 Å². The molecule has 0 saturated heterocycles. The molecule has 0 amide bonds. The number of aryl methyl sites for hydroxylation is 2. The largest absolute Gasteiger partial charge is 0.325 e. The summed E-state index contributed by atoms with van der Waals surface area (Å²) >= 11 is 0. The van der Waals surface area contributed by atoms with Crippen molar-refractivity contribution >= 4 is 22.4 Å². The van der Waals surface area contributed by atoms with E-state index in [0.29, 0.717) is 0 Å². The van der Waals surface area contributed by atoms with Crippen molar-refractivity contribution in [2.24, 2.45) is 0 Å². The van der Waals surface area contributed by atoms with Gasteiger partial charge in [0.2, 0.25) is 0 Å².